The molecule has 0 radical (unpaired) electrons. The van der Waals surface area contributed by atoms with E-state index in [2.05, 4.69) is 10.1 Å². The third-order valence-corrected chi connectivity index (χ3v) is 2.37. The Balaban J connectivity index is 2.26. The fraction of sp³-hybridized carbons (Fsp3) is 0.167. The van der Waals surface area contributed by atoms with Crippen LogP contribution in [0.1, 0.15) is 11.3 Å². The first-order valence-corrected chi connectivity index (χ1v) is 5.33. The molecule has 6 nitrogen and oxygen atoms in total. The molecule has 0 fully saturated rings. The van der Waals surface area contributed by atoms with Crippen molar-refractivity contribution in [3.63, 3.8) is 0 Å². The van der Waals surface area contributed by atoms with Gasteiger partial charge < -0.3 is 15.6 Å². The number of methoxy groups -OCH3 is 1. The molecule has 1 aromatic heterocycles. The molecule has 0 aliphatic heterocycles. The van der Waals surface area contributed by atoms with Crippen molar-refractivity contribution in [1.29, 1.82) is 0 Å². The number of nitrogens with two attached hydrogens (primary N) is 1. The molecule has 0 spiro atoms. The summed E-state index contributed by atoms with van der Waals surface area (Å²) in [5.41, 5.74) is 7.25. The molecule has 0 amide bonds. The maximum Gasteiger partial charge on any atom is 0.221 e. The number of nitrogens with zero attached hydrogens (tertiary/aromatic N) is 3. The van der Waals surface area contributed by atoms with Gasteiger partial charge >= 0.3 is 0 Å². The first-order chi connectivity index (χ1) is 8.60. The number of hydrogen-bond acceptors (Lipinski definition) is 5. The number of anilines is 1. The summed E-state index contributed by atoms with van der Waals surface area (Å²) in [5.74, 6) is 0.816. The monoisotopic (exact) mass is 246 g/mol. The number of phenols is 1. The maximum absolute atomic E-state index is 9.46. The van der Waals surface area contributed by atoms with Crippen LogP contribution < -0.4 is 10.5 Å². The molecule has 0 saturated carbocycles. The normalized spacial score (nSPS) is 11.0. The Morgan fingerprint density at radius 3 is 2.89 bits per heavy atom. The van der Waals surface area contributed by atoms with Crippen molar-refractivity contribution in [3.05, 3.63) is 35.7 Å². The second kappa shape index (κ2) is 4.79. The van der Waals surface area contributed by atoms with E-state index in [0.29, 0.717) is 11.7 Å². The van der Waals surface area contributed by atoms with E-state index < -0.39 is 0 Å². The Morgan fingerprint density at radius 1 is 1.50 bits per heavy atom. The second-order valence-electron chi connectivity index (χ2n) is 3.76. The molecule has 0 unspecified atom stereocenters. The summed E-state index contributed by atoms with van der Waals surface area (Å²) in [4.78, 5) is 4.03. The zero-order valence-electron chi connectivity index (χ0n) is 10.2. The highest BCUT2D eigenvalue weighted by Gasteiger charge is 2.02. The van der Waals surface area contributed by atoms with Crippen LogP contribution in [0.15, 0.2) is 29.5 Å². The van der Waals surface area contributed by atoms with E-state index >= 15 is 0 Å². The number of imidazole rings is 1. The van der Waals surface area contributed by atoms with Crippen molar-refractivity contribution < 1.29 is 9.84 Å². The Kier molecular flexibility index (Phi) is 3.18. The van der Waals surface area contributed by atoms with Crippen molar-refractivity contribution in [2.24, 2.45) is 5.10 Å². The van der Waals surface area contributed by atoms with Crippen LogP contribution in [-0.4, -0.2) is 28.1 Å². The number of phenolic OH excluding ortho intramolecular Hbond substituents is 1. The first kappa shape index (κ1) is 12.0. The van der Waals surface area contributed by atoms with Gasteiger partial charge in [0, 0.05) is 0 Å². The fourth-order valence-electron chi connectivity index (χ4n) is 1.50. The van der Waals surface area contributed by atoms with Gasteiger partial charge in [-0.2, -0.15) is 5.10 Å². The summed E-state index contributed by atoms with van der Waals surface area (Å²) in [7, 11) is 1.49. The SMILES string of the molecule is COc1cc(C=Nn2cc(C)nc2N)ccc1O. The average molecular weight is 246 g/mol. The Labute approximate surface area is 104 Å². The Morgan fingerprint density at radius 2 is 2.28 bits per heavy atom. The molecular formula is C12H14N4O2. The highest BCUT2D eigenvalue weighted by atomic mass is 16.5. The van der Waals surface area contributed by atoms with E-state index in [1.807, 2.05) is 6.92 Å². The number of benzene rings is 1. The van der Waals surface area contributed by atoms with E-state index in [4.69, 9.17) is 10.5 Å². The zero-order chi connectivity index (χ0) is 13.1. The number of nitrogen functional groups attached to an aromatic ring is 1. The van der Waals surface area contributed by atoms with Gasteiger partial charge in [-0.3, -0.25) is 0 Å². The molecule has 2 aromatic rings. The van der Waals surface area contributed by atoms with Crippen molar-refractivity contribution >= 4 is 12.2 Å². The zero-order valence-corrected chi connectivity index (χ0v) is 10.2. The fourth-order valence-corrected chi connectivity index (χ4v) is 1.50. The van der Waals surface area contributed by atoms with Crippen LogP contribution in [-0.2, 0) is 0 Å². The molecule has 2 rings (SSSR count). The van der Waals surface area contributed by atoms with E-state index in [1.165, 1.54) is 11.8 Å². The summed E-state index contributed by atoms with van der Waals surface area (Å²) in [6, 6.07) is 4.95. The van der Waals surface area contributed by atoms with Gasteiger partial charge in [-0.05, 0) is 30.7 Å². The molecule has 1 aromatic carbocycles. The summed E-state index contributed by atoms with van der Waals surface area (Å²) < 4.78 is 6.49. The van der Waals surface area contributed by atoms with Crippen LogP contribution in [0.25, 0.3) is 0 Å². The molecule has 0 bridgehead atoms. The number of rotatable bonds is 3. The molecule has 0 aliphatic rings. The van der Waals surface area contributed by atoms with Crippen molar-refractivity contribution in [3.8, 4) is 11.5 Å². The predicted molar refractivity (Wildman–Crippen MR) is 69.0 cm³/mol. The molecular weight excluding hydrogens is 232 g/mol. The number of hydrogen-bond donors (Lipinski definition) is 2. The summed E-state index contributed by atoms with van der Waals surface area (Å²) >= 11 is 0. The quantitative estimate of drug-likeness (QED) is 0.801. The number of ether oxygens (including phenoxy) is 1. The number of aromatic nitrogens is 2. The lowest BCUT2D eigenvalue weighted by molar-refractivity contribution is 0.373. The van der Waals surface area contributed by atoms with Crippen LogP contribution in [0.3, 0.4) is 0 Å². The second-order valence-corrected chi connectivity index (χ2v) is 3.76. The lowest BCUT2D eigenvalue weighted by Crippen LogP contribution is -1.97. The minimum atomic E-state index is 0.0904. The van der Waals surface area contributed by atoms with Gasteiger partial charge in [0.05, 0.1) is 25.2 Å². The topological polar surface area (TPSA) is 85.7 Å². The number of aromatic hydroxyl groups is 1. The predicted octanol–water partition coefficient (Wildman–Crippen LogP) is 1.37. The standard InChI is InChI=1S/C12H14N4O2/c1-8-7-16(12(13)15-8)14-6-9-3-4-10(17)11(5-9)18-2/h3-7,17H,1-2H3,(H2,13,15). The average Bonchev–Trinajstić information content (AvgIpc) is 2.67. The van der Waals surface area contributed by atoms with Gasteiger partial charge in [0.25, 0.3) is 0 Å². The first-order valence-electron chi connectivity index (χ1n) is 5.33. The summed E-state index contributed by atoms with van der Waals surface area (Å²) in [6.07, 6.45) is 3.34. The molecule has 0 aliphatic carbocycles. The van der Waals surface area contributed by atoms with Crippen molar-refractivity contribution in [2.45, 2.75) is 6.92 Å². The van der Waals surface area contributed by atoms with Crippen molar-refractivity contribution in [1.82, 2.24) is 9.66 Å². The van der Waals surface area contributed by atoms with Crippen LogP contribution in [0.4, 0.5) is 5.95 Å². The van der Waals surface area contributed by atoms with Crippen LogP contribution >= 0.6 is 0 Å². The minimum Gasteiger partial charge on any atom is -0.504 e. The molecule has 3 N–H and O–H groups in total. The summed E-state index contributed by atoms with van der Waals surface area (Å²) in [5, 5.41) is 13.6. The largest absolute Gasteiger partial charge is 0.504 e. The van der Waals surface area contributed by atoms with Gasteiger partial charge in [0.15, 0.2) is 11.5 Å². The van der Waals surface area contributed by atoms with E-state index in [1.54, 1.807) is 30.6 Å². The van der Waals surface area contributed by atoms with Gasteiger partial charge in [-0.15, -0.1) is 0 Å². The molecule has 6 heteroatoms. The van der Waals surface area contributed by atoms with Crippen LogP contribution in [0.2, 0.25) is 0 Å². The van der Waals surface area contributed by atoms with Crippen molar-refractivity contribution in [2.75, 3.05) is 12.8 Å². The smallest absolute Gasteiger partial charge is 0.221 e. The Bertz CT molecular complexity index is 590. The molecule has 18 heavy (non-hydrogen) atoms. The van der Waals surface area contributed by atoms with Gasteiger partial charge in [-0.25, -0.2) is 9.66 Å². The van der Waals surface area contributed by atoms with Gasteiger partial charge in [0.1, 0.15) is 0 Å². The van der Waals surface area contributed by atoms with E-state index in [0.717, 1.165) is 11.3 Å². The molecule has 0 atom stereocenters. The number of aryl methyl sites for hydroxylation is 1. The van der Waals surface area contributed by atoms with Crippen LogP contribution in [0, 0.1) is 6.92 Å². The summed E-state index contributed by atoms with van der Waals surface area (Å²) in [6.45, 7) is 1.84. The molecule has 0 saturated heterocycles. The van der Waals surface area contributed by atoms with Gasteiger partial charge in [0.2, 0.25) is 5.95 Å². The lowest BCUT2D eigenvalue weighted by atomic mass is 10.2. The molecule has 94 valence electrons. The highest BCUT2D eigenvalue weighted by molar-refractivity contribution is 5.80. The van der Waals surface area contributed by atoms with Gasteiger partial charge in [-0.1, -0.05) is 0 Å². The third-order valence-electron chi connectivity index (χ3n) is 2.37. The highest BCUT2D eigenvalue weighted by Crippen LogP contribution is 2.25. The van der Waals surface area contributed by atoms with E-state index in [-0.39, 0.29) is 5.75 Å². The minimum absolute atomic E-state index is 0.0904. The Hall–Kier alpha value is -2.50. The lowest BCUT2D eigenvalue weighted by Gasteiger charge is -2.03. The van der Waals surface area contributed by atoms with E-state index in [9.17, 15) is 5.11 Å². The molecule has 1 heterocycles. The third kappa shape index (κ3) is 2.42. The van der Waals surface area contributed by atoms with Crippen LogP contribution in [0.5, 0.6) is 11.5 Å². The maximum atomic E-state index is 9.46.